The Morgan fingerprint density at radius 2 is 2.23 bits per heavy atom. The first-order chi connectivity index (χ1) is 15.1. The zero-order valence-electron chi connectivity index (χ0n) is 17.3. The molecule has 0 amide bonds. The summed E-state index contributed by atoms with van der Waals surface area (Å²) in [4.78, 5) is 26.0. The second-order valence-electron chi connectivity index (χ2n) is 8.82. The van der Waals surface area contributed by atoms with Gasteiger partial charge in [0.05, 0.1) is 17.3 Å². The molecule has 2 aromatic heterocycles. The molecule has 1 aliphatic heterocycles. The maximum atomic E-state index is 13.8. The lowest BCUT2D eigenvalue weighted by atomic mass is 9.96. The van der Waals surface area contributed by atoms with Crippen molar-refractivity contribution < 1.29 is 10.6 Å². The molecule has 1 saturated carbocycles. The van der Waals surface area contributed by atoms with Crippen LogP contribution in [0.15, 0.2) is 59.3 Å². The molecule has 6 rings (SSSR count). The Kier molecular flexibility index (Phi) is 4.10. The molecule has 0 radical (unpaired) electrons. The number of imidazole rings is 1. The number of carbonyl (C=O) groups is 1. The highest BCUT2D eigenvalue weighted by Crippen LogP contribution is 2.45. The number of nitrogens with one attached hydrogen (secondary N) is 1. The summed E-state index contributed by atoms with van der Waals surface area (Å²) in [5, 5.41) is 0.904. The first kappa shape index (κ1) is 18.5. The van der Waals surface area contributed by atoms with Gasteiger partial charge < -0.3 is 9.55 Å². The van der Waals surface area contributed by atoms with Gasteiger partial charge in [-0.1, -0.05) is 37.3 Å². The van der Waals surface area contributed by atoms with E-state index in [9.17, 15) is 9.18 Å². The number of alkyl halides is 1. The summed E-state index contributed by atoms with van der Waals surface area (Å²) in [6.45, 7) is 2.48. The number of aliphatic imine (C=N–C) groups is 1. The number of hydrogen-bond donors (Lipinski definition) is 1. The van der Waals surface area contributed by atoms with E-state index in [0.29, 0.717) is 36.3 Å². The number of carbonyl (C=O) groups excluding carboxylic acids is 1. The monoisotopic (exact) mass is 416 g/mol. The lowest BCUT2D eigenvalue weighted by molar-refractivity contribution is 0.103. The fourth-order valence-corrected chi connectivity index (χ4v) is 4.78. The fourth-order valence-electron chi connectivity index (χ4n) is 4.78. The van der Waals surface area contributed by atoms with Crippen LogP contribution in [0.5, 0.6) is 0 Å². The van der Waals surface area contributed by atoms with Gasteiger partial charge in [-0.25, -0.2) is 9.37 Å². The van der Waals surface area contributed by atoms with E-state index >= 15 is 0 Å². The van der Waals surface area contributed by atoms with E-state index in [0.717, 1.165) is 34.3 Å². The molecule has 1 N–H and O–H groups in total. The second kappa shape index (κ2) is 6.87. The van der Waals surface area contributed by atoms with Gasteiger partial charge >= 0.3 is 0 Å². The minimum Gasteiger partial charge on any atom is -0.342 e. The zero-order valence-corrected chi connectivity index (χ0v) is 17.3. The molecule has 0 saturated heterocycles. The van der Waals surface area contributed by atoms with E-state index in [1.165, 1.54) is 0 Å². The van der Waals surface area contributed by atoms with Gasteiger partial charge in [-0.05, 0) is 24.1 Å². The summed E-state index contributed by atoms with van der Waals surface area (Å²) in [5.74, 6) is 0.512. The van der Waals surface area contributed by atoms with Crippen LogP contribution in [-0.2, 0) is 13.0 Å². The van der Waals surface area contributed by atoms with Crippen molar-refractivity contribution in [3.8, 4) is 0 Å². The molecule has 4 unspecified atom stereocenters. The molecule has 3 aliphatic rings. The minimum absolute atomic E-state index is 0. The minimum atomic E-state index is -0.937. The number of aromatic amines is 1. The molecule has 5 nitrogen and oxygen atoms in total. The van der Waals surface area contributed by atoms with Crippen LogP contribution in [0.1, 0.15) is 48.3 Å². The Labute approximate surface area is 180 Å². The third-order valence-corrected chi connectivity index (χ3v) is 6.59. The predicted octanol–water partition coefficient (Wildman–Crippen LogP) is 4.79. The van der Waals surface area contributed by atoms with Crippen molar-refractivity contribution in [2.75, 3.05) is 0 Å². The van der Waals surface area contributed by atoms with E-state index in [4.69, 9.17) is 4.98 Å². The maximum absolute atomic E-state index is 13.8. The lowest BCUT2D eigenvalue weighted by Gasteiger charge is -2.17. The molecular weight excluding hydrogens is 391 g/mol. The highest BCUT2D eigenvalue weighted by Gasteiger charge is 2.43. The predicted molar refractivity (Wildman–Crippen MR) is 121 cm³/mol. The third-order valence-electron chi connectivity index (χ3n) is 6.59. The molecule has 158 valence electrons. The van der Waals surface area contributed by atoms with Gasteiger partial charge in [0.2, 0.25) is 5.78 Å². The highest BCUT2D eigenvalue weighted by molar-refractivity contribution is 6.15. The summed E-state index contributed by atoms with van der Waals surface area (Å²) in [5.41, 5.74) is 4.68. The normalized spacial score (nSPS) is 26.3. The van der Waals surface area contributed by atoms with Crippen molar-refractivity contribution in [3.05, 3.63) is 77.0 Å². The van der Waals surface area contributed by atoms with Crippen LogP contribution in [0.2, 0.25) is 0 Å². The van der Waals surface area contributed by atoms with E-state index in [2.05, 4.69) is 14.5 Å². The van der Waals surface area contributed by atoms with Crippen molar-refractivity contribution >= 4 is 22.9 Å². The second-order valence-corrected chi connectivity index (χ2v) is 8.82. The molecule has 3 heterocycles. The number of para-hydroxylation sites is 1. The van der Waals surface area contributed by atoms with Crippen LogP contribution in [0.25, 0.3) is 10.9 Å². The van der Waals surface area contributed by atoms with Crippen LogP contribution < -0.4 is 0 Å². The molecule has 4 atom stereocenters. The summed E-state index contributed by atoms with van der Waals surface area (Å²) in [6, 6.07) is 8.24. The van der Waals surface area contributed by atoms with Gasteiger partial charge in [-0.3, -0.25) is 9.79 Å². The van der Waals surface area contributed by atoms with E-state index in [-0.39, 0.29) is 13.1 Å². The molecule has 0 bridgehead atoms. The summed E-state index contributed by atoms with van der Waals surface area (Å²) >= 11 is 0. The number of allylic oxidation sites excluding steroid dienone is 4. The third kappa shape index (κ3) is 3.09. The zero-order chi connectivity index (χ0) is 21.1. The molecule has 0 spiro atoms. The van der Waals surface area contributed by atoms with Crippen LogP contribution in [0.4, 0.5) is 4.39 Å². The van der Waals surface area contributed by atoms with E-state index in [1.807, 2.05) is 55.8 Å². The van der Waals surface area contributed by atoms with Gasteiger partial charge in [-0.15, -0.1) is 0 Å². The first-order valence-electron chi connectivity index (χ1n) is 10.8. The summed E-state index contributed by atoms with van der Waals surface area (Å²) in [7, 11) is 0. The average Bonchev–Trinajstić information content (AvgIpc) is 3.32. The van der Waals surface area contributed by atoms with Gasteiger partial charge in [0.1, 0.15) is 6.17 Å². The summed E-state index contributed by atoms with van der Waals surface area (Å²) < 4.78 is 15.9. The molecule has 3 aromatic rings. The van der Waals surface area contributed by atoms with Crippen molar-refractivity contribution in [1.82, 2.24) is 14.5 Å². The van der Waals surface area contributed by atoms with Crippen LogP contribution in [0, 0.1) is 5.92 Å². The quantitative estimate of drug-likeness (QED) is 0.621. The number of H-pyrrole nitrogens is 1. The topological polar surface area (TPSA) is 63.0 Å². The number of nitrogens with zero attached hydrogens (tertiary/aromatic N) is 3. The number of halogens is 1. The number of rotatable bonds is 4. The molecule has 1 fully saturated rings. The Morgan fingerprint density at radius 3 is 3.10 bits per heavy atom. The Hall–Kier alpha value is -3.28. The highest BCUT2D eigenvalue weighted by atomic mass is 19.1. The SMILES string of the molecule is CC1C=C(Cn2cc(C(=O)c3nc4c([nH]3)CC=NC3CC43)c3ccccc32)C=CC1F.[HH]. The van der Waals surface area contributed by atoms with Crippen molar-refractivity contribution in [3.63, 3.8) is 0 Å². The van der Waals surface area contributed by atoms with Gasteiger partial charge in [0.15, 0.2) is 5.82 Å². The number of ketones is 1. The van der Waals surface area contributed by atoms with Gasteiger partial charge in [0, 0.05) is 55.2 Å². The van der Waals surface area contributed by atoms with Crippen molar-refractivity contribution in [2.45, 2.75) is 44.4 Å². The number of fused-ring (bicyclic) bond motifs is 4. The molecule has 1 aromatic carbocycles. The smallest absolute Gasteiger partial charge is 0.230 e. The van der Waals surface area contributed by atoms with Gasteiger partial charge in [-0.2, -0.15) is 0 Å². The molecular formula is C25H25FN4O. The standard InChI is InChI=1S/C25H23FN4O.H2/c1-14-10-15(6-7-19(14)26)12-30-13-18(16-4-2-3-5-22(16)30)24(31)25-28-20-8-9-27-21-11-17(21)23(20)29-25;/h2-7,9-10,13-14,17,19,21H,8,11-12H2,1H3,(H,28,29);1H. The number of hydrogen-bond acceptors (Lipinski definition) is 3. The van der Waals surface area contributed by atoms with E-state index in [1.54, 1.807) is 6.08 Å². The average molecular weight is 417 g/mol. The molecule has 31 heavy (non-hydrogen) atoms. The number of benzene rings is 1. The summed E-state index contributed by atoms with van der Waals surface area (Å²) in [6.07, 6.45) is 10.0. The lowest BCUT2D eigenvalue weighted by Crippen LogP contribution is -2.13. The Morgan fingerprint density at radius 1 is 1.35 bits per heavy atom. The van der Waals surface area contributed by atoms with Crippen molar-refractivity contribution in [1.29, 1.82) is 0 Å². The van der Waals surface area contributed by atoms with Crippen LogP contribution in [0.3, 0.4) is 0 Å². The Bertz CT molecular complexity index is 1300. The fraction of sp³-hybridized carbons (Fsp3) is 0.320. The van der Waals surface area contributed by atoms with Crippen molar-refractivity contribution in [2.24, 2.45) is 10.9 Å². The molecule has 2 aliphatic carbocycles. The number of aromatic nitrogens is 3. The largest absolute Gasteiger partial charge is 0.342 e. The van der Waals surface area contributed by atoms with E-state index < -0.39 is 6.17 Å². The molecule has 6 heteroatoms. The first-order valence-corrected chi connectivity index (χ1v) is 10.8. The maximum Gasteiger partial charge on any atom is 0.230 e. The Balaban J connectivity index is 0.00000216. The van der Waals surface area contributed by atoms with Crippen LogP contribution >= 0.6 is 0 Å². The van der Waals surface area contributed by atoms with Gasteiger partial charge in [0.25, 0.3) is 0 Å². The van der Waals surface area contributed by atoms with Crippen LogP contribution in [-0.4, -0.2) is 38.7 Å².